The summed E-state index contributed by atoms with van der Waals surface area (Å²) in [5.74, 6) is -24.1. The zero-order valence-corrected chi connectivity index (χ0v) is 68.7. The van der Waals surface area contributed by atoms with Crippen molar-refractivity contribution < 1.29 is 197 Å². The Labute approximate surface area is 748 Å². The number of hydrogen-bond acceptors (Lipinski definition) is 22. The Morgan fingerprint density at radius 1 is 0.179 bits per heavy atom. The second-order valence-electron chi connectivity index (χ2n) is 28.8. The highest BCUT2D eigenvalue weighted by atomic mass is 16.6. The molecule has 0 saturated heterocycles. The number of ether oxygens (including phenoxy) is 2. The minimum Gasteiger partial charge on any atom is -0.478 e. The van der Waals surface area contributed by atoms with Crippen LogP contribution in [0, 0.1) is 0 Å². The molecule has 0 aromatic heterocycles. The van der Waals surface area contributed by atoms with Crippen LogP contribution in [0.4, 0.5) is 0 Å². The summed E-state index contributed by atoms with van der Waals surface area (Å²) >= 11 is 0. The van der Waals surface area contributed by atoms with Gasteiger partial charge in [-0.2, -0.15) is 0 Å². The smallest absolute Gasteiger partial charge is 0.336 e. The lowest BCUT2D eigenvalue weighted by Gasteiger charge is -2.21. The Morgan fingerprint density at radius 3 is 0.448 bits per heavy atom. The monoisotopic (exact) mass is 1840 g/mol. The lowest BCUT2D eigenvalue weighted by molar-refractivity contribution is -0.147. The molecule has 14 rings (SSSR count). The number of carboxylic acids is 18. The van der Waals surface area contributed by atoms with Gasteiger partial charge in [-0.25, -0.2) is 95.9 Å². The number of benzene rings is 12. The highest BCUT2D eigenvalue weighted by molar-refractivity contribution is 6.19. The summed E-state index contributed by atoms with van der Waals surface area (Å²) in [4.78, 5) is 222. The molecule has 134 heavy (non-hydrogen) atoms. The number of hydrogen-bond donors (Lipinski definition) is 18. The molecule has 0 amide bonds. The number of esters is 2. The predicted octanol–water partition coefficient (Wildman–Crippen LogP) is 14.9. The summed E-state index contributed by atoms with van der Waals surface area (Å²) in [6.45, 7) is 0. The summed E-state index contributed by atoms with van der Waals surface area (Å²) in [5, 5.41) is 164. The van der Waals surface area contributed by atoms with E-state index >= 15 is 0 Å². The van der Waals surface area contributed by atoms with Crippen LogP contribution in [-0.2, 0) is 19.1 Å². The topological polar surface area (TPSA) is 724 Å². The Morgan fingerprint density at radius 2 is 0.321 bits per heavy atom. The van der Waals surface area contributed by atoms with Gasteiger partial charge in [-0.3, -0.25) is 0 Å². The second kappa shape index (κ2) is 44.7. The molecule has 40 heteroatoms. The van der Waals surface area contributed by atoms with Crippen molar-refractivity contribution in [2.45, 2.75) is 76.4 Å². The Balaban J connectivity index is 0.000000192. The summed E-state index contributed by atoms with van der Waals surface area (Å²) in [7, 11) is 0. The van der Waals surface area contributed by atoms with Gasteiger partial charge in [0, 0.05) is 12.2 Å². The first kappa shape index (κ1) is 101. The van der Waals surface area contributed by atoms with Crippen molar-refractivity contribution in [2.24, 2.45) is 0 Å². The van der Waals surface area contributed by atoms with Crippen LogP contribution >= 0.6 is 0 Å². The number of fused-ring (bicyclic) bond motifs is 6. The molecule has 0 bridgehead atoms. The fourth-order valence-corrected chi connectivity index (χ4v) is 14.1. The lowest BCUT2D eigenvalue weighted by atomic mass is 9.97. The molecule has 0 spiro atoms. The average Bonchev–Trinajstić information content (AvgIpc) is 0.806. The number of carbonyl (C=O) groups excluding carboxylic acids is 2. The first-order valence-electron chi connectivity index (χ1n) is 38.9. The zero-order chi connectivity index (χ0) is 99.1. The van der Waals surface area contributed by atoms with Crippen LogP contribution in [0.3, 0.4) is 0 Å². The molecule has 0 unspecified atom stereocenters. The highest BCUT2D eigenvalue weighted by Gasteiger charge is 2.27. The molecule has 12 aromatic carbocycles. The van der Waals surface area contributed by atoms with Gasteiger partial charge in [-0.15, -0.1) is 0 Å². The van der Waals surface area contributed by atoms with Crippen LogP contribution in [0.15, 0.2) is 194 Å². The fourth-order valence-electron chi connectivity index (χ4n) is 14.1. The average molecular weight is 1840 g/mol. The first-order valence-corrected chi connectivity index (χ1v) is 38.9. The molecular formula is C94H72O40. The van der Waals surface area contributed by atoms with Crippen LogP contribution < -0.4 is 0 Å². The van der Waals surface area contributed by atoms with E-state index in [1.54, 1.807) is 0 Å². The van der Waals surface area contributed by atoms with Crippen molar-refractivity contribution in [3.8, 4) is 0 Å². The Bertz CT molecular complexity index is 5930. The maximum Gasteiger partial charge on any atom is 0.336 e. The number of aromatic carboxylic acids is 18. The normalized spacial score (nSPS) is 12.0. The summed E-state index contributed by atoms with van der Waals surface area (Å²) in [6.07, 6.45) is 13.1. The molecule has 40 nitrogen and oxygen atoms in total. The Kier molecular flexibility index (Phi) is 33.6. The number of carbonyl (C=O) groups is 20. The van der Waals surface area contributed by atoms with E-state index in [2.05, 4.69) is 0 Å². The van der Waals surface area contributed by atoms with Gasteiger partial charge >= 0.3 is 119 Å². The lowest BCUT2D eigenvalue weighted by Crippen LogP contribution is -2.21. The van der Waals surface area contributed by atoms with E-state index < -0.39 is 119 Å². The van der Waals surface area contributed by atoms with E-state index in [1.165, 1.54) is 134 Å². The maximum absolute atomic E-state index is 11.6. The van der Waals surface area contributed by atoms with Gasteiger partial charge in [0.15, 0.2) is 0 Å². The summed E-state index contributed by atoms with van der Waals surface area (Å²) < 4.78 is 10.6. The van der Waals surface area contributed by atoms with E-state index in [-0.39, 0.29) is 177 Å². The molecule has 0 heterocycles. The third-order valence-electron chi connectivity index (χ3n) is 20.2. The van der Waals surface area contributed by atoms with Gasteiger partial charge in [0.2, 0.25) is 0 Å². The molecular weight excluding hydrogens is 1770 g/mol. The predicted molar refractivity (Wildman–Crippen MR) is 464 cm³/mol. The van der Waals surface area contributed by atoms with Crippen molar-refractivity contribution in [1.82, 2.24) is 0 Å². The van der Waals surface area contributed by atoms with E-state index in [4.69, 9.17) is 101 Å². The minimum absolute atomic E-state index is 0.0234. The van der Waals surface area contributed by atoms with Crippen LogP contribution in [0.25, 0.3) is 64.6 Å². The summed E-state index contributed by atoms with van der Waals surface area (Å²) in [6, 6.07) is 37.9. The molecule has 2 saturated carbocycles. The fraction of sp³-hybridized carbons (Fsp3) is 0.128. The van der Waals surface area contributed by atoms with Crippen molar-refractivity contribution in [1.29, 1.82) is 0 Å². The van der Waals surface area contributed by atoms with Crippen molar-refractivity contribution in [3.05, 3.63) is 294 Å². The largest absolute Gasteiger partial charge is 0.478 e. The molecule has 12 aromatic rings. The highest BCUT2D eigenvalue weighted by Crippen LogP contribution is 2.33. The van der Waals surface area contributed by atoms with Crippen LogP contribution in [0.5, 0.6) is 0 Å². The quantitative estimate of drug-likeness (QED) is 0.0221. The van der Waals surface area contributed by atoms with Crippen molar-refractivity contribution in [3.63, 3.8) is 0 Å². The van der Waals surface area contributed by atoms with E-state index in [9.17, 15) is 95.9 Å². The van der Waals surface area contributed by atoms with Crippen molar-refractivity contribution >= 4 is 184 Å². The van der Waals surface area contributed by atoms with Crippen LogP contribution in [0.1, 0.15) is 251 Å². The van der Waals surface area contributed by atoms with Gasteiger partial charge in [-0.05, 0) is 225 Å². The minimum atomic E-state index is -1.32. The molecule has 2 fully saturated rings. The molecule has 2 aliphatic carbocycles. The van der Waals surface area contributed by atoms with E-state index in [1.807, 2.05) is 0 Å². The summed E-state index contributed by atoms with van der Waals surface area (Å²) in [5.41, 5.74) is -3.83. The molecule has 0 atom stereocenters. The molecule has 0 radical (unpaired) electrons. The second-order valence-corrected chi connectivity index (χ2v) is 28.8. The van der Waals surface area contributed by atoms with E-state index in [0.29, 0.717) is 0 Å². The van der Waals surface area contributed by atoms with Gasteiger partial charge in [0.1, 0.15) is 12.2 Å². The van der Waals surface area contributed by atoms with E-state index in [0.717, 1.165) is 124 Å². The van der Waals surface area contributed by atoms with Gasteiger partial charge < -0.3 is 101 Å². The SMILES string of the molecule is O=C(/C=C\C(=O)OC1CCCCC1)OC1CCCCC1.O=C(O)c1cc(C(=O)O)c2cccc(C(=O)O)c2c1.O=C(O)c1cc(C(=O)O)c2cccc(C(=O)O)c2c1.O=C(O)c1cc(C(=O)O)c2cccc(C(=O)O)c2c1.O=C(O)c1cc(C(=O)O)c2cccc(C(=O)O)c2c1.O=C(O)c1cc(C(=O)O)c2cccc(C(=O)O)c2c1.O=C(O)c1cc(C(=O)O)c2cccc(C(=O)O)c2c1. The first-order chi connectivity index (χ1) is 63.2. The van der Waals surface area contributed by atoms with Crippen LogP contribution in [0.2, 0.25) is 0 Å². The third kappa shape index (κ3) is 25.2. The number of carboxylic acid groups (broad SMARTS) is 18. The molecule has 0 aliphatic heterocycles. The number of rotatable bonds is 22. The molecule has 688 valence electrons. The molecule has 18 N–H and O–H groups in total. The van der Waals surface area contributed by atoms with Crippen LogP contribution in [-0.4, -0.2) is 224 Å². The standard InChI is InChI=1S/C16H24O4.6C13H8O6/c17-15(19-13-7-3-1-4-8-13)11-12-16(18)20-14-9-5-2-6-10-14;6*14-11(15)6-4-9-7(10(5-6)13(18)19)2-1-3-8(9)12(16)17/h11-14H,1-10H2;6*1-5H,(H,14,15)(H,16,17)(H,18,19)/b12-11-;;;;;;. The Hall–Kier alpha value is -18.7. The maximum atomic E-state index is 11.6. The van der Waals surface area contributed by atoms with Crippen molar-refractivity contribution in [2.75, 3.05) is 0 Å². The third-order valence-corrected chi connectivity index (χ3v) is 20.2. The molecule has 2 aliphatic rings. The van der Waals surface area contributed by atoms with Gasteiger partial charge in [-0.1, -0.05) is 85.6 Å². The zero-order valence-electron chi connectivity index (χ0n) is 68.7. The van der Waals surface area contributed by atoms with Gasteiger partial charge in [0.05, 0.1) is 100 Å². The van der Waals surface area contributed by atoms with Gasteiger partial charge in [0.25, 0.3) is 0 Å².